The zero-order valence-electron chi connectivity index (χ0n) is 6.43. The SMILES string of the molecule is O=C(Nc1cnns1)c1ccsc1. The summed E-state index contributed by atoms with van der Waals surface area (Å²) >= 11 is 2.65. The molecule has 0 aliphatic carbocycles. The van der Waals surface area contributed by atoms with Crippen molar-refractivity contribution in [3.63, 3.8) is 0 Å². The van der Waals surface area contributed by atoms with E-state index < -0.39 is 0 Å². The van der Waals surface area contributed by atoms with E-state index in [0.717, 1.165) is 11.5 Å². The molecule has 2 aromatic heterocycles. The molecule has 0 radical (unpaired) electrons. The molecule has 1 amide bonds. The molecule has 6 heteroatoms. The minimum Gasteiger partial charge on any atom is -0.311 e. The van der Waals surface area contributed by atoms with E-state index in [1.54, 1.807) is 11.4 Å². The second-order valence-electron chi connectivity index (χ2n) is 2.25. The van der Waals surface area contributed by atoms with Gasteiger partial charge >= 0.3 is 0 Å². The summed E-state index contributed by atoms with van der Waals surface area (Å²) in [4.78, 5) is 11.4. The third kappa shape index (κ3) is 1.90. The molecule has 66 valence electrons. The first-order valence-electron chi connectivity index (χ1n) is 3.47. The first-order chi connectivity index (χ1) is 6.36. The largest absolute Gasteiger partial charge is 0.311 e. The summed E-state index contributed by atoms with van der Waals surface area (Å²) in [5.74, 6) is -0.118. The molecule has 2 heterocycles. The van der Waals surface area contributed by atoms with Crippen molar-refractivity contribution in [3.05, 3.63) is 28.6 Å². The fourth-order valence-corrected chi connectivity index (χ4v) is 1.85. The highest BCUT2D eigenvalue weighted by molar-refractivity contribution is 7.10. The zero-order valence-corrected chi connectivity index (χ0v) is 8.06. The normalized spacial score (nSPS) is 9.85. The molecule has 2 aromatic rings. The number of nitrogens with zero attached hydrogens (tertiary/aromatic N) is 2. The van der Waals surface area contributed by atoms with Crippen molar-refractivity contribution in [2.75, 3.05) is 5.32 Å². The summed E-state index contributed by atoms with van der Waals surface area (Å²) in [7, 11) is 0. The van der Waals surface area contributed by atoms with Crippen LogP contribution >= 0.6 is 22.9 Å². The van der Waals surface area contributed by atoms with Crippen LogP contribution in [-0.2, 0) is 0 Å². The van der Waals surface area contributed by atoms with E-state index in [2.05, 4.69) is 14.9 Å². The summed E-state index contributed by atoms with van der Waals surface area (Å²) in [5, 5.41) is 10.6. The van der Waals surface area contributed by atoms with Crippen molar-refractivity contribution in [2.45, 2.75) is 0 Å². The van der Waals surface area contributed by atoms with Crippen molar-refractivity contribution in [1.29, 1.82) is 0 Å². The van der Waals surface area contributed by atoms with Crippen LogP contribution in [0.2, 0.25) is 0 Å². The van der Waals surface area contributed by atoms with Gasteiger partial charge in [-0.2, -0.15) is 11.3 Å². The molecule has 13 heavy (non-hydrogen) atoms. The molecule has 0 saturated carbocycles. The third-order valence-electron chi connectivity index (χ3n) is 1.38. The Morgan fingerprint density at radius 3 is 3.08 bits per heavy atom. The lowest BCUT2D eigenvalue weighted by Crippen LogP contribution is -2.09. The first-order valence-corrected chi connectivity index (χ1v) is 5.19. The van der Waals surface area contributed by atoms with Crippen LogP contribution in [0.25, 0.3) is 0 Å². The Bertz CT molecular complexity index is 382. The highest BCUT2D eigenvalue weighted by Crippen LogP contribution is 2.12. The van der Waals surface area contributed by atoms with Crippen LogP contribution < -0.4 is 5.32 Å². The van der Waals surface area contributed by atoms with Crippen LogP contribution in [0, 0.1) is 0 Å². The van der Waals surface area contributed by atoms with Gasteiger partial charge in [0.1, 0.15) is 5.00 Å². The van der Waals surface area contributed by atoms with Crippen molar-refractivity contribution in [2.24, 2.45) is 0 Å². The fraction of sp³-hybridized carbons (Fsp3) is 0. The van der Waals surface area contributed by atoms with Crippen molar-refractivity contribution < 1.29 is 4.79 Å². The predicted octanol–water partition coefficient (Wildman–Crippen LogP) is 1.85. The van der Waals surface area contributed by atoms with Gasteiger partial charge in [-0.15, -0.1) is 5.10 Å². The van der Waals surface area contributed by atoms with Crippen molar-refractivity contribution >= 4 is 33.8 Å². The molecule has 0 aliphatic heterocycles. The number of nitrogens with one attached hydrogen (secondary N) is 1. The molecular formula is C7H5N3OS2. The van der Waals surface area contributed by atoms with Crippen molar-refractivity contribution in [3.8, 4) is 0 Å². The Morgan fingerprint density at radius 1 is 1.54 bits per heavy atom. The second kappa shape index (κ2) is 3.63. The minimum absolute atomic E-state index is 0.118. The summed E-state index contributed by atoms with van der Waals surface area (Å²) in [5.41, 5.74) is 0.665. The van der Waals surface area contributed by atoms with Crippen LogP contribution in [0.4, 0.5) is 5.00 Å². The van der Waals surface area contributed by atoms with Gasteiger partial charge in [-0.1, -0.05) is 4.49 Å². The van der Waals surface area contributed by atoms with E-state index in [-0.39, 0.29) is 5.91 Å². The van der Waals surface area contributed by atoms with E-state index >= 15 is 0 Å². The Labute approximate surface area is 82.4 Å². The monoisotopic (exact) mass is 211 g/mol. The highest BCUT2D eigenvalue weighted by Gasteiger charge is 2.06. The summed E-state index contributed by atoms with van der Waals surface area (Å²) in [6, 6.07) is 1.77. The molecular weight excluding hydrogens is 206 g/mol. The topological polar surface area (TPSA) is 54.9 Å². The number of hydrogen-bond acceptors (Lipinski definition) is 5. The lowest BCUT2D eigenvalue weighted by Gasteiger charge is -1.96. The number of anilines is 1. The predicted molar refractivity (Wildman–Crippen MR) is 52.2 cm³/mol. The molecule has 0 atom stereocenters. The molecule has 0 fully saturated rings. The highest BCUT2D eigenvalue weighted by atomic mass is 32.1. The van der Waals surface area contributed by atoms with E-state index in [9.17, 15) is 4.79 Å². The molecule has 0 aliphatic rings. The number of amides is 1. The lowest BCUT2D eigenvalue weighted by atomic mass is 10.3. The molecule has 1 N–H and O–H groups in total. The number of thiophene rings is 1. The molecule has 0 aromatic carbocycles. The molecule has 2 rings (SSSR count). The Hall–Kier alpha value is -1.27. The van der Waals surface area contributed by atoms with Crippen LogP contribution in [0.3, 0.4) is 0 Å². The zero-order chi connectivity index (χ0) is 9.10. The van der Waals surface area contributed by atoms with Gasteiger partial charge < -0.3 is 5.32 Å². The van der Waals surface area contributed by atoms with E-state index in [4.69, 9.17) is 0 Å². The molecule has 0 saturated heterocycles. The molecule has 0 bridgehead atoms. The van der Waals surface area contributed by atoms with E-state index in [1.807, 2.05) is 5.38 Å². The minimum atomic E-state index is -0.118. The number of carbonyl (C=O) groups excluding carboxylic acids is 1. The number of carbonyl (C=O) groups is 1. The van der Waals surface area contributed by atoms with Crippen LogP contribution in [0.5, 0.6) is 0 Å². The van der Waals surface area contributed by atoms with Crippen molar-refractivity contribution in [1.82, 2.24) is 9.59 Å². The van der Waals surface area contributed by atoms with E-state index in [1.165, 1.54) is 17.5 Å². The number of rotatable bonds is 2. The second-order valence-corrected chi connectivity index (χ2v) is 3.81. The Kier molecular flexibility index (Phi) is 2.33. The molecule has 0 spiro atoms. The average molecular weight is 211 g/mol. The van der Waals surface area contributed by atoms with E-state index in [0.29, 0.717) is 10.6 Å². The third-order valence-corrected chi connectivity index (χ3v) is 2.64. The summed E-state index contributed by atoms with van der Waals surface area (Å²) < 4.78 is 3.64. The molecule has 4 nitrogen and oxygen atoms in total. The van der Waals surface area contributed by atoms with Crippen LogP contribution in [0.1, 0.15) is 10.4 Å². The van der Waals surface area contributed by atoms with Gasteiger partial charge in [-0.25, -0.2) is 0 Å². The van der Waals surface area contributed by atoms with Gasteiger partial charge in [0, 0.05) is 16.9 Å². The summed E-state index contributed by atoms with van der Waals surface area (Å²) in [6.45, 7) is 0. The molecule has 0 unspecified atom stereocenters. The van der Waals surface area contributed by atoms with Gasteiger partial charge in [0.05, 0.1) is 11.8 Å². The summed E-state index contributed by atoms with van der Waals surface area (Å²) in [6.07, 6.45) is 1.52. The van der Waals surface area contributed by atoms with Crippen LogP contribution in [0.15, 0.2) is 23.0 Å². The Morgan fingerprint density at radius 2 is 2.46 bits per heavy atom. The van der Waals surface area contributed by atoms with Gasteiger partial charge in [0.2, 0.25) is 0 Å². The standard InChI is InChI=1S/C7H5N3OS2/c11-7(5-1-2-12-4-5)9-6-3-8-10-13-6/h1-4H,(H,9,11). The van der Waals surface area contributed by atoms with Gasteiger partial charge in [-0.05, 0) is 11.4 Å². The Balaban J connectivity index is 2.08. The first kappa shape index (κ1) is 8.33. The maximum absolute atomic E-state index is 11.4. The maximum Gasteiger partial charge on any atom is 0.257 e. The van der Waals surface area contributed by atoms with Gasteiger partial charge in [0.15, 0.2) is 0 Å². The van der Waals surface area contributed by atoms with Crippen LogP contribution in [-0.4, -0.2) is 15.5 Å². The number of hydrogen-bond donors (Lipinski definition) is 1. The van der Waals surface area contributed by atoms with Gasteiger partial charge in [0.25, 0.3) is 5.91 Å². The number of aromatic nitrogens is 2. The quantitative estimate of drug-likeness (QED) is 0.824. The smallest absolute Gasteiger partial charge is 0.257 e. The average Bonchev–Trinajstić information content (AvgIpc) is 2.74. The van der Waals surface area contributed by atoms with Gasteiger partial charge in [-0.3, -0.25) is 4.79 Å². The lowest BCUT2D eigenvalue weighted by molar-refractivity contribution is 0.102. The fourth-order valence-electron chi connectivity index (χ4n) is 0.800. The maximum atomic E-state index is 11.4.